The van der Waals surface area contributed by atoms with Gasteiger partial charge in [0.2, 0.25) is 0 Å². The molecule has 0 heterocycles. The van der Waals surface area contributed by atoms with Crippen LogP contribution >= 0.6 is 0 Å². The van der Waals surface area contributed by atoms with Crippen molar-refractivity contribution in [3.05, 3.63) is 29.8 Å². The summed E-state index contributed by atoms with van der Waals surface area (Å²) in [4.78, 5) is 18.5. The van der Waals surface area contributed by atoms with Gasteiger partial charge in [0.25, 0.3) is 6.47 Å². The number of phenolic OH excluding ortho intramolecular Hbond substituents is 2. The molecule has 6 nitrogen and oxygen atoms in total. The Morgan fingerprint density at radius 1 is 1.19 bits per heavy atom. The molecule has 6 heteroatoms. The molecule has 86 valence electrons. The van der Waals surface area contributed by atoms with Gasteiger partial charge in [-0.3, -0.25) is 4.79 Å². The second-order valence-electron chi connectivity index (χ2n) is 2.53. The second-order valence-corrected chi connectivity index (χ2v) is 2.53. The molecule has 0 saturated carbocycles. The highest BCUT2D eigenvalue weighted by Gasteiger charge is 1.97. The van der Waals surface area contributed by atoms with Crippen molar-refractivity contribution in [2.45, 2.75) is 0 Å². The Kier molecular flexibility index (Phi) is 5.81. The van der Waals surface area contributed by atoms with E-state index in [0.717, 1.165) is 6.08 Å². The molecule has 0 atom stereocenters. The van der Waals surface area contributed by atoms with Gasteiger partial charge in [0.15, 0.2) is 11.5 Å². The number of carbonyl (C=O) groups is 2. The minimum absolute atomic E-state index is 0.229. The van der Waals surface area contributed by atoms with Crippen LogP contribution in [0, 0.1) is 0 Å². The van der Waals surface area contributed by atoms with Crippen LogP contribution in [0.4, 0.5) is 0 Å². The van der Waals surface area contributed by atoms with Gasteiger partial charge >= 0.3 is 5.97 Å². The monoisotopic (exact) mass is 226 g/mol. The van der Waals surface area contributed by atoms with Crippen molar-refractivity contribution in [2.75, 3.05) is 0 Å². The molecule has 0 aliphatic rings. The maximum Gasteiger partial charge on any atom is 0.328 e. The van der Waals surface area contributed by atoms with Crippen molar-refractivity contribution in [2.24, 2.45) is 0 Å². The largest absolute Gasteiger partial charge is 0.504 e. The first kappa shape index (κ1) is 13.5. The van der Waals surface area contributed by atoms with Crippen LogP contribution in [0.15, 0.2) is 24.3 Å². The smallest absolute Gasteiger partial charge is 0.328 e. The Hall–Kier alpha value is -2.50. The number of benzene rings is 1. The van der Waals surface area contributed by atoms with E-state index in [-0.39, 0.29) is 18.0 Å². The van der Waals surface area contributed by atoms with Crippen molar-refractivity contribution in [1.82, 2.24) is 0 Å². The molecular formula is C10H10O6. The van der Waals surface area contributed by atoms with Crippen LogP contribution in [-0.2, 0) is 9.59 Å². The average Bonchev–Trinajstić information content (AvgIpc) is 2.21. The number of carboxylic acid groups (broad SMARTS) is 2. The first-order valence-corrected chi connectivity index (χ1v) is 4.02. The third-order valence-electron chi connectivity index (χ3n) is 1.42. The van der Waals surface area contributed by atoms with Gasteiger partial charge in [-0.25, -0.2) is 4.79 Å². The summed E-state index contributed by atoms with van der Waals surface area (Å²) in [6.45, 7) is -0.250. The molecule has 1 rings (SSSR count). The van der Waals surface area contributed by atoms with Crippen LogP contribution in [0.25, 0.3) is 6.08 Å². The molecule has 0 aliphatic carbocycles. The molecular weight excluding hydrogens is 216 g/mol. The van der Waals surface area contributed by atoms with Crippen LogP contribution in [-0.4, -0.2) is 32.9 Å². The number of hydrogen-bond donors (Lipinski definition) is 4. The second kappa shape index (κ2) is 6.88. The normalized spacial score (nSPS) is 9.25. The predicted octanol–water partition coefficient (Wildman–Crippen LogP) is 0.896. The van der Waals surface area contributed by atoms with Gasteiger partial charge in [0.1, 0.15) is 0 Å². The zero-order valence-electron chi connectivity index (χ0n) is 8.07. The van der Waals surface area contributed by atoms with Gasteiger partial charge in [0, 0.05) is 6.08 Å². The number of rotatable bonds is 2. The van der Waals surface area contributed by atoms with E-state index >= 15 is 0 Å². The van der Waals surface area contributed by atoms with Crippen molar-refractivity contribution >= 4 is 18.5 Å². The Balaban J connectivity index is 0.000000673. The van der Waals surface area contributed by atoms with Gasteiger partial charge in [-0.2, -0.15) is 0 Å². The van der Waals surface area contributed by atoms with Crippen LogP contribution < -0.4 is 0 Å². The third-order valence-corrected chi connectivity index (χ3v) is 1.42. The fraction of sp³-hybridized carbons (Fsp3) is 0. The summed E-state index contributed by atoms with van der Waals surface area (Å²) in [6, 6.07) is 4.06. The predicted molar refractivity (Wildman–Crippen MR) is 55.1 cm³/mol. The van der Waals surface area contributed by atoms with E-state index in [0.29, 0.717) is 5.56 Å². The lowest BCUT2D eigenvalue weighted by Crippen LogP contribution is -1.85. The Labute approximate surface area is 90.7 Å². The number of hydrogen-bond acceptors (Lipinski definition) is 4. The van der Waals surface area contributed by atoms with Crippen LogP contribution in [0.2, 0.25) is 0 Å². The van der Waals surface area contributed by atoms with Crippen molar-refractivity contribution in [1.29, 1.82) is 0 Å². The third kappa shape index (κ3) is 5.28. The van der Waals surface area contributed by atoms with Crippen molar-refractivity contribution < 1.29 is 30.0 Å². The van der Waals surface area contributed by atoms with E-state index in [9.17, 15) is 4.79 Å². The highest BCUT2D eigenvalue weighted by atomic mass is 16.4. The minimum Gasteiger partial charge on any atom is -0.504 e. The molecule has 4 N–H and O–H groups in total. The van der Waals surface area contributed by atoms with Crippen molar-refractivity contribution in [3.8, 4) is 11.5 Å². The highest BCUT2D eigenvalue weighted by molar-refractivity contribution is 5.85. The average molecular weight is 226 g/mol. The number of aromatic hydroxyl groups is 2. The van der Waals surface area contributed by atoms with Crippen LogP contribution in [0.3, 0.4) is 0 Å². The molecule has 1 aromatic carbocycles. The molecule has 0 fully saturated rings. The van der Waals surface area contributed by atoms with Gasteiger partial charge in [0.05, 0.1) is 0 Å². The summed E-state index contributed by atoms with van der Waals surface area (Å²) in [7, 11) is 0. The summed E-state index contributed by atoms with van der Waals surface area (Å²) >= 11 is 0. The molecule has 0 bridgehead atoms. The topological polar surface area (TPSA) is 115 Å². The number of phenols is 2. The lowest BCUT2D eigenvalue weighted by Gasteiger charge is -1.97. The fourth-order valence-electron chi connectivity index (χ4n) is 0.812. The van der Waals surface area contributed by atoms with Crippen LogP contribution in [0.1, 0.15) is 5.56 Å². The zero-order chi connectivity index (χ0) is 12.6. The quantitative estimate of drug-likeness (QED) is 0.338. The number of aliphatic carboxylic acids is 1. The summed E-state index contributed by atoms with van der Waals surface area (Å²) in [5.74, 6) is -1.56. The SMILES string of the molecule is O=C(O)C=Cc1ccc(O)c(O)c1.O=CO. The molecule has 0 radical (unpaired) electrons. The summed E-state index contributed by atoms with van der Waals surface area (Å²) in [5, 5.41) is 33.2. The highest BCUT2D eigenvalue weighted by Crippen LogP contribution is 2.25. The van der Waals surface area contributed by atoms with E-state index in [1.807, 2.05) is 0 Å². The molecule has 0 saturated heterocycles. The Morgan fingerprint density at radius 2 is 1.75 bits per heavy atom. The Morgan fingerprint density at radius 3 is 2.19 bits per heavy atom. The van der Waals surface area contributed by atoms with E-state index < -0.39 is 5.97 Å². The maximum absolute atomic E-state index is 10.1. The molecule has 1 aromatic rings. The van der Waals surface area contributed by atoms with E-state index in [1.165, 1.54) is 24.3 Å². The van der Waals surface area contributed by atoms with Gasteiger partial charge in [-0.15, -0.1) is 0 Å². The zero-order valence-corrected chi connectivity index (χ0v) is 8.07. The van der Waals surface area contributed by atoms with E-state index in [1.54, 1.807) is 0 Å². The molecule has 0 aliphatic heterocycles. The number of carboxylic acids is 1. The molecule has 0 amide bonds. The molecule has 0 unspecified atom stereocenters. The maximum atomic E-state index is 10.1. The molecule has 0 spiro atoms. The summed E-state index contributed by atoms with van der Waals surface area (Å²) in [6.07, 6.45) is 2.27. The Bertz CT molecular complexity index is 396. The summed E-state index contributed by atoms with van der Waals surface area (Å²) in [5.41, 5.74) is 0.512. The van der Waals surface area contributed by atoms with E-state index in [4.69, 9.17) is 25.2 Å². The van der Waals surface area contributed by atoms with E-state index in [2.05, 4.69) is 0 Å². The molecule has 16 heavy (non-hydrogen) atoms. The fourth-order valence-corrected chi connectivity index (χ4v) is 0.812. The standard InChI is InChI=1S/C9H8O4.CH2O2/c10-7-3-1-6(5-8(7)11)2-4-9(12)13;2-1-3/h1-5,10-11H,(H,12,13);1H,(H,2,3). The first-order valence-electron chi connectivity index (χ1n) is 4.02. The lowest BCUT2D eigenvalue weighted by molar-refractivity contribution is -0.131. The van der Waals surface area contributed by atoms with Gasteiger partial charge in [-0.1, -0.05) is 6.07 Å². The van der Waals surface area contributed by atoms with Gasteiger partial charge in [-0.05, 0) is 23.8 Å². The van der Waals surface area contributed by atoms with Crippen molar-refractivity contribution in [3.63, 3.8) is 0 Å². The first-order chi connectivity index (χ1) is 7.51. The van der Waals surface area contributed by atoms with Gasteiger partial charge < -0.3 is 20.4 Å². The minimum atomic E-state index is -1.06. The lowest BCUT2D eigenvalue weighted by atomic mass is 10.2. The summed E-state index contributed by atoms with van der Waals surface area (Å²) < 4.78 is 0. The molecule has 0 aromatic heterocycles. The van der Waals surface area contributed by atoms with Crippen LogP contribution in [0.5, 0.6) is 11.5 Å².